The minimum absolute atomic E-state index is 0.100. The van der Waals surface area contributed by atoms with E-state index in [1.807, 2.05) is 24.3 Å². The van der Waals surface area contributed by atoms with E-state index in [9.17, 15) is 0 Å². The maximum atomic E-state index is 6.12. The maximum Gasteiger partial charge on any atom is 0.171 e. The molecule has 0 saturated heterocycles. The van der Waals surface area contributed by atoms with Gasteiger partial charge in [0.25, 0.3) is 0 Å². The average molecular weight is 361 g/mol. The van der Waals surface area contributed by atoms with Gasteiger partial charge in [-0.1, -0.05) is 29.8 Å². The molecule has 0 amide bonds. The lowest BCUT2D eigenvalue weighted by Gasteiger charge is -2.38. The third kappa shape index (κ3) is 4.00. The second kappa shape index (κ2) is 6.61. The number of hydrogen-bond donors (Lipinski definition) is 2. The molecule has 0 fully saturated rings. The van der Waals surface area contributed by atoms with Crippen LogP contribution in [-0.2, 0) is 0 Å². The molecule has 0 saturated carbocycles. The summed E-state index contributed by atoms with van der Waals surface area (Å²) >= 11 is 11.5. The molecule has 24 heavy (non-hydrogen) atoms. The van der Waals surface area contributed by atoms with Gasteiger partial charge in [0, 0.05) is 22.7 Å². The third-order valence-corrected chi connectivity index (χ3v) is 4.47. The molecule has 2 aromatic carbocycles. The summed E-state index contributed by atoms with van der Waals surface area (Å²) < 4.78 is 6.12. The Kier molecular flexibility index (Phi) is 4.70. The van der Waals surface area contributed by atoms with Gasteiger partial charge in [0.15, 0.2) is 5.11 Å². The van der Waals surface area contributed by atoms with Crippen molar-refractivity contribution in [2.45, 2.75) is 38.8 Å². The van der Waals surface area contributed by atoms with E-state index >= 15 is 0 Å². The zero-order chi connectivity index (χ0) is 17.3. The van der Waals surface area contributed by atoms with Crippen molar-refractivity contribution in [1.29, 1.82) is 0 Å². The molecule has 126 valence electrons. The summed E-state index contributed by atoms with van der Waals surface area (Å²) in [5.74, 6) is 0.925. The summed E-state index contributed by atoms with van der Waals surface area (Å²) in [7, 11) is 0. The van der Waals surface area contributed by atoms with E-state index < -0.39 is 0 Å². The second-order valence-electron chi connectivity index (χ2n) is 6.77. The number of ether oxygens (including phenoxy) is 1. The minimum atomic E-state index is -0.246. The molecule has 0 unspecified atom stereocenters. The SMILES string of the molecule is Cc1ccc2c(c1)OC(C)(C)C[C@@H]2NC(=S)Nc1cccc(Cl)c1. The normalized spacial score (nSPS) is 18.2. The van der Waals surface area contributed by atoms with Crippen molar-refractivity contribution in [3.8, 4) is 5.75 Å². The number of nitrogens with one attached hydrogen (secondary N) is 2. The lowest BCUT2D eigenvalue weighted by molar-refractivity contribution is 0.0696. The molecule has 3 rings (SSSR count). The summed E-state index contributed by atoms with van der Waals surface area (Å²) in [4.78, 5) is 0. The predicted octanol–water partition coefficient (Wildman–Crippen LogP) is 5.24. The highest BCUT2D eigenvalue weighted by atomic mass is 35.5. The molecular weight excluding hydrogens is 340 g/mol. The van der Waals surface area contributed by atoms with Crippen molar-refractivity contribution >= 4 is 34.6 Å². The number of hydrogen-bond acceptors (Lipinski definition) is 2. The minimum Gasteiger partial charge on any atom is -0.487 e. The van der Waals surface area contributed by atoms with Gasteiger partial charge in [0.2, 0.25) is 0 Å². The Bertz CT molecular complexity index is 776. The first kappa shape index (κ1) is 17.1. The quantitative estimate of drug-likeness (QED) is 0.718. The van der Waals surface area contributed by atoms with Crippen molar-refractivity contribution in [2.75, 3.05) is 5.32 Å². The first-order valence-electron chi connectivity index (χ1n) is 7.95. The molecule has 0 radical (unpaired) electrons. The lowest BCUT2D eigenvalue weighted by Crippen LogP contribution is -2.42. The van der Waals surface area contributed by atoms with E-state index in [0.29, 0.717) is 10.1 Å². The molecule has 0 spiro atoms. The number of halogens is 1. The summed E-state index contributed by atoms with van der Waals surface area (Å²) in [6.45, 7) is 6.26. The van der Waals surface area contributed by atoms with Crippen molar-refractivity contribution in [3.05, 3.63) is 58.6 Å². The van der Waals surface area contributed by atoms with Gasteiger partial charge in [-0.3, -0.25) is 0 Å². The van der Waals surface area contributed by atoms with Crippen LogP contribution in [0.15, 0.2) is 42.5 Å². The molecule has 1 aliphatic rings. The van der Waals surface area contributed by atoms with Crippen molar-refractivity contribution in [1.82, 2.24) is 5.32 Å². The highest BCUT2D eigenvalue weighted by Gasteiger charge is 2.34. The van der Waals surface area contributed by atoms with Crippen molar-refractivity contribution < 1.29 is 4.74 Å². The van der Waals surface area contributed by atoms with Crippen LogP contribution in [0, 0.1) is 6.92 Å². The van der Waals surface area contributed by atoms with Gasteiger partial charge in [0.05, 0.1) is 6.04 Å². The molecule has 5 heteroatoms. The van der Waals surface area contributed by atoms with Gasteiger partial charge in [-0.2, -0.15) is 0 Å². The second-order valence-corrected chi connectivity index (χ2v) is 7.61. The monoisotopic (exact) mass is 360 g/mol. The average Bonchev–Trinajstić information content (AvgIpc) is 2.45. The third-order valence-electron chi connectivity index (χ3n) is 4.01. The highest BCUT2D eigenvalue weighted by molar-refractivity contribution is 7.80. The predicted molar refractivity (Wildman–Crippen MR) is 104 cm³/mol. The van der Waals surface area contributed by atoms with Crippen LogP contribution in [-0.4, -0.2) is 10.7 Å². The molecule has 2 N–H and O–H groups in total. The van der Waals surface area contributed by atoms with Crippen LogP contribution in [0.1, 0.15) is 37.4 Å². The Labute approximate surface area is 153 Å². The van der Waals surface area contributed by atoms with Crippen LogP contribution in [0.3, 0.4) is 0 Å². The standard InChI is InChI=1S/C19H21ClN2OS/c1-12-7-8-15-16(11-19(2,3)23-17(15)9-12)22-18(24)21-14-6-4-5-13(20)10-14/h4-10,16H,11H2,1-3H3,(H2,21,22,24)/t16-/m0/s1. The van der Waals surface area contributed by atoms with E-state index in [4.69, 9.17) is 28.6 Å². The smallest absolute Gasteiger partial charge is 0.171 e. The Morgan fingerprint density at radius 2 is 2.04 bits per heavy atom. The summed E-state index contributed by atoms with van der Waals surface area (Å²) in [5, 5.41) is 7.86. The van der Waals surface area contributed by atoms with Crippen LogP contribution in [0.2, 0.25) is 5.02 Å². The number of fused-ring (bicyclic) bond motifs is 1. The Morgan fingerprint density at radius 3 is 2.79 bits per heavy atom. The van der Waals surface area contributed by atoms with Crippen LogP contribution in [0.25, 0.3) is 0 Å². The van der Waals surface area contributed by atoms with Crippen molar-refractivity contribution in [2.24, 2.45) is 0 Å². The zero-order valence-corrected chi connectivity index (χ0v) is 15.6. The number of benzene rings is 2. The first-order chi connectivity index (χ1) is 11.3. The largest absolute Gasteiger partial charge is 0.487 e. The molecular formula is C19H21ClN2OS. The fourth-order valence-corrected chi connectivity index (χ4v) is 3.43. The molecule has 1 aliphatic heterocycles. The maximum absolute atomic E-state index is 6.12. The number of aryl methyl sites for hydroxylation is 1. The Hall–Kier alpha value is -1.78. The molecule has 3 nitrogen and oxygen atoms in total. The lowest BCUT2D eigenvalue weighted by atomic mass is 9.89. The Balaban J connectivity index is 1.78. The van der Waals surface area contributed by atoms with Crippen molar-refractivity contribution in [3.63, 3.8) is 0 Å². The van der Waals surface area contributed by atoms with E-state index in [0.717, 1.165) is 23.4 Å². The summed E-state index contributed by atoms with van der Waals surface area (Å²) in [6.07, 6.45) is 0.834. The van der Waals surface area contributed by atoms with Gasteiger partial charge >= 0.3 is 0 Å². The number of anilines is 1. The van der Waals surface area contributed by atoms with Crippen LogP contribution < -0.4 is 15.4 Å². The topological polar surface area (TPSA) is 33.3 Å². The molecule has 1 heterocycles. The Morgan fingerprint density at radius 1 is 1.25 bits per heavy atom. The van der Waals surface area contributed by atoms with E-state index in [1.54, 1.807) is 0 Å². The molecule has 0 aliphatic carbocycles. The molecule has 0 bridgehead atoms. The van der Waals surface area contributed by atoms with E-state index in [2.05, 4.69) is 49.6 Å². The van der Waals surface area contributed by atoms with Gasteiger partial charge in [-0.05, 0) is 62.8 Å². The van der Waals surface area contributed by atoms with Crippen LogP contribution in [0.4, 0.5) is 5.69 Å². The van der Waals surface area contributed by atoms with Gasteiger partial charge in [-0.25, -0.2) is 0 Å². The highest BCUT2D eigenvalue weighted by Crippen LogP contribution is 2.39. The fraction of sp³-hybridized carbons (Fsp3) is 0.316. The van der Waals surface area contributed by atoms with Crippen LogP contribution in [0.5, 0.6) is 5.75 Å². The summed E-state index contributed by atoms with van der Waals surface area (Å²) in [5.41, 5.74) is 2.94. The van der Waals surface area contributed by atoms with Gasteiger partial charge < -0.3 is 15.4 Å². The van der Waals surface area contributed by atoms with Gasteiger partial charge in [0.1, 0.15) is 11.4 Å². The molecule has 2 aromatic rings. The fourth-order valence-electron chi connectivity index (χ4n) is 2.98. The number of thiocarbonyl (C=S) groups is 1. The molecule has 1 atom stereocenters. The van der Waals surface area contributed by atoms with E-state index in [1.165, 1.54) is 5.56 Å². The molecule has 0 aromatic heterocycles. The zero-order valence-electron chi connectivity index (χ0n) is 14.0. The summed E-state index contributed by atoms with van der Waals surface area (Å²) in [6, 6.07) is 13.9. The van der Waals surface area contributed by atoms with Gasteiger partial charge in [-0.15, -0.1) is 0 Å². The van der Waals surface area contributed by atoms with E-state index in [-0.39, 0.29) is 11.6 Å². The number of rotatable bonds is 2. The van der Waals surface area contributed by atoms with Crippen LogP contribution >= 0.6 is 23.8 Å². The first-order valence-corrected chi connectivity index (χ1v) is 8.74.